The second-order valence-electron chi connectivity index (χ2n) is 10.3. The molecular formula is C36H26O2. The van der Waals surface area contributed by atoms with Gasteiger partial charge in [-0.05, 0) is 81.3 Å². The summed E-state index contributed by atoms with van der Waals surface area (Å²) in [6.45, 7) is 4.38. The number of benzene rings is 6. The normalized spacial score (nSPS) is 12.2. The molecule has 182 valence electrons. The Balaban J connectivity index is 1.50. The van der Waals surface area contributed by atoms with E-state index >= 15 is 0 Å². The Morgan fingerprint density at radius 2 is 0.895 bits per heavy atom. The van der Waals surface area contributed by atoms with E-state index in [1.807, 2.05) is 0 Å². The van der Waals surface area contributed by atoms with Crippen LogP contribution in [0.2, 0.25) is 0 Å². The highest BCUT2D eigenvalue weighted by atomic mass is 16.3. The molecule has 0 aliphatic carbocycles. The highest BCUT2D eigenvalue weighted by Crippen LogP contribution is 2.51. The summed E-state index contributed by atoms with van der Waals surface area (Å²) in [5, 5.41) is 4.63. The minimum absolute atomic E-state index is 0.882. The zero-order valence-corrected chi connectivity index (χ0v) is 21.5. The largest absolute Gasteiger partial charge is 0.456 e. The Morgan fingerprint density at radius 1 is 0.474 bits per heavy atom. The molecule has 2 aliphatic heterocycles. The van der Waals surface area contributed by atoms with Gasteiger partial charge in [0.25, 0.3) is 0 Å². The summed E-state index contributed by atoms with van der Waals surface area (Å²) in [6.07, 6.45) is 2.06. The smallest absolute Gasteiger partial charge is 0.136 e. The minimum Gasteiger partial charge on any atom is -0.456 e. The molecule has 6 aromatic carbocycles. The van der Waals surface area contributed by atoms with Crippen LogP contribution in [0.15, 0.2) is 106 Å². The van der Waals surface area contributed by atoms with Crippen LogP contribution in [0, 0.1) is 0 Å². The van der Waals surface area contributed by atoms with Gasteiger partial charge in [-0.15, -0.1) is 0 Å². The van der Waals surface area contributed by atoms with Crippen LogP contribution in [0.4, 0.5) is 0 Å². The summed E-state index contributed by atoms with van der Waals surface area (Å²) < 4.78 is 13.4. The Hall–Kier alpha value is -4.56. The average Bonchev–Trinajstić information content (AvgIpc) is 2.98. The van der Waals surface area contributed by atoms with Crippen LogP contribution in [0.25, 0.3) is 77.3 Å². The molecule has 0 spiro atoms. The van der Waals surface area contributed by atoms with Crippen molar-refractivity contribution < 1.29 is 8.83 Å². The summed E-state index contributed by atoms with van der Waals surface area (Å²) in [7, 11) is 0. The van der Waals surface area contributed by atoms with Gasteiger partial charge in [-0.1, -0.05) is 86.6 Å². The molecule has 0 atom stereocenters. The van der Waals surface area contributed by atoms with Crippen LogP contribution in [-0.4, -0.2) is 0 Å². The van der Waals surface area contributed by atoms with E-state index in [1.165, 1.54) is 44.2 Å². The molecule has 2 nitrogen and oxygen atoms in total. The third-order valence-corrected chi connectivity index (χ3v) is 8.21. The van der Waals surface area contributed by atoms with Crippen molar-refractivity contribution in [3.05, 3.63) is 108 Å². The first-order valence-corrected chi connectivity index (χ1v) is 13.5. The topological polar surface area (TPSA) is 26.3 Å². The van der Waals surface area contributed by atoms with Gasteiger partial charge in [0.15, 0.2) is 0 Å². The maximum absolute atomic E-state index is 6.72. The molecule has 2 heterocycles. The van der Waals surface area contributed by atoms with Crippen molar-refractivity contribution >= 4 is 43.9 Å². The van der Waals surface area contributed by atoms with Gasteiger partial charge >= 0.3 is 0 Å². The molecule has 0 saturated heterocycles. The summed E-state index contributed by atoms with van der Waals surface area (Å²) in [4.78, 5) is 0. The molecule has 0 bridgehead atoms. The van der Waals surface area contributed by atoms with Crippen LogP contribution in [-0.2, 0) is 12.8 Å². The number of rotatable bonds is 4. The molecule has 0 amide bonds. The molecule has 0 aromatic heterocycles. The standard InChI is InChI=1S/C36H26O2/c1-3-21-11-15-23(16-12-21)27-19-31-35-33-25(27)7-5-9-29(33)38-32-20-28(24-17-13-22(4-2)14-18-24)26-8-6-10-30(37-31)34(26)36(32)35/h5-20H,3-4H2,1-2H3. The van der Waals surface area contributed by atoms with Gasteiger partial charge in [0.2, 0.25) is 0 Å². The monoisotopic (exact) mass is 490 g/mol. The molecule has 6 aromatic rings. The number of hydrogen-bond acceptors (Lipinski definition) is 2. The van der Waals surface area contributed by atoms with Crippen molar-refractivity contribution in [3.63, 3.8) is 0 Å². The van der Waals surface area contributed by atoms with Gasteiger partial charge in [0, 0.05) is 21.9 Å². The third kappa shape index (κ3) is 2.95. The fraction of sp³-hybridized carbons (Fsp3) is 0.111. The molecule has 8 rings (SSSR count). The number of aryl methyl sites for hydroxylation is 2. The molecule has 38 heavy (non-hydrogen) atoms. The molecule has 2 aliphatic rings. The molecular weight excluding hydrogens is 464 g/mol. The molecule has 0 unspecified atom stereocenters. The van der Waals surface area contributed by atoms with Crippen molar-refractivity contribution in [2.45, 2.75) is 26.7 Å². The van der Waals surface area contributed by atoms with Gasteiger partial charge in [0.05, 0.1) is 0 Å². The Kier molecular flexibility index (Phi) is 4.51. The average molecular weight is 491 g/mol. The van der Waals surface area contributed by atoms with Crippen LogP contribution in [0.1, 0.15) is 25.0 Å². The lowest BCUT2D eigenvalue weighted by atomic mass is 9.85. The SMILES string of the molecule is CCc1ccc(-c2cc3oc4cccc5c(-c6ccc(CC)cc6)cc6oc7cccc2c7c3-c6c45)cc1. The van der Waals surface area contributed by atoms with Gasteiger partial charge < -0.3 is 8.83 Å². The van der Waals surface area contributed by atoms with E-state index in [9.17, 15) is 0 Å². The summed E-state index contributed by atoms with van der Waals surface area (Å²) in [5.41, 5.74) is 13.2. The van der Waals surface area contributed by atoms with Crippen molar-refractivity contribution in [2.75, 3.05) is 0 Å². The maximum atomic E-state index is 6.72. The third-order valence-electron chi connectivity index (χ3n) is 8.21. The fourth-order valence-corrected chi connectivity index (χ4v) is 6.22. The van der Waals surface area contributed by atoms with Crippen molar-refractivity contribution in [2.24, 2.45) is 0 Å². The maximum Gasteiger partial charge on any atom is 0.136 e. The van der Waals surface area contributed by atoms with E-state index in [0.717, 1.165) is 57.1 Å². The molecule has 0 radical (unpaired) electrons. The van der Waals surface area contributed by atoms with Gasteiger partial charge in [-0.2, -0.15) is 0 Å². The van der Waals surface area contributed by atoms with Crippen LogP contribution < -0.4 is 0 Å². The van der Waals surface area contributed by atoms with Crippen molar-refractivity contribution in [1.82, 2.24) is 0 Å². The van der Waals surface area contributed by atoms with Crippen LogP contribution in [0.3, 0.4) is 0 Å². The Bertz CT molecular complexity index is 1910. The number of hydrogen-bond donors (Lipinski definition) is 0. The van der Waals surface area contributed by atoms with E-state index in [2.05, 4.69) is 111 Å². The summed E-state index contributed by atoms with van der Waals surface area (Å²) in [5.74, 6) is 0. The Labute approximate surface area is 220 Å². The fourth-order valence-electron chi connectivity index (χ4n) is 6.22. The lowest BCUT2D eigenvalue weighted by Crippen LogP contribution is -1.97. The van der Waals surface area contributed by atoms with E-state index in [0.29, 0.717) is 0 Å². The highest BCUT2D eigenvalue weighted by molar-refractivity contribution is 6.27. The van der Waals surface area contributed by atoms with Gasteiger partial charge in [-0.3, -0.25) is 0 Å². The van der Waals surface area contributed by atoms with E-state index in [4.69, 9.17) is 8.83 Å². The highest BCUT2D eigenvalue weighted by Gasteiger charge is 2.27. The minimum atomic E-state index is 0.882. The molecule has 0 fully saturated rings. The van der Waals surface area contributed by atoms with Gasteiger partial charge in [-0.25, -0.2) is 0 Å². The molecule has 0 N–H and O–H groups in total. The molecule has 0 saturated carbocycles. The van der Waals surface area contributed by atoms with Crippen LogP contribution >= 0.6 is 0 Å². The molecule has 2 heteroatoms. The predicted molar refractivity (Wildman–Crippen MR) is 158 cm³/mol. The lowest BCUT2D eigenvalue weighted by molar-refractivity contribution is 0.646. The predicted octanol–water partition coefficient (Wildman–Crippen LogP) is 10.5. The van der Waals surface area contributed by atoms with E-state index < -0.39 is 0 Å². The first kappa shape index (κ1) is 21.5. The first-order chi connectivity index (χ1) is 18.7. The van der Waals surface area contributed by atoms with E-state index in [-0.39, 0.29) is 0 Å². The zero-order valence-electron chi connectivity index (χ0n) is 21.5. The summed E-state index contributed by atoms with van der Waals surface area (Å²) >= 11 is 0. The first-order valence-electron chi connectivity index (χ1n) is 13.5. The zero-order chi connectivity index (χ0) is 25.4. The second kappa shape index (κ2) is 7.97. The quantitative estimate of drug-likeness (QED) is 0.181. The summed E-state index contributed by atoms with van der Waals surface area (Å²) in [6, 6.07) is 35.0. The Morgan fingerprint density at radius 3 is 1.29 bits per heavy atom. The van der Waals surface area contributed by atoms with Crippen LogP contribution in [0.5, 0.6) is 0 Å². The van der Waals surface area contributed by atoms with Gasteiger partial charge in [0.1, 0.15) is 22.3 Å². The van der Waals surface area contributed by atoms with Crippen molar-refractivity contribution in [3.8, 4) is 33.4 Å². The van der Waals surface area contributed by atoms with E-state index in [1.54, 1.807) is 0 Å². The second-order valence-corrected chi connectivity index (χ2v) is 10.3. The van der Waals surface area contributed by atoms with Crippen molar-refractivity contribution in [1.29, 1.82) is 0 Å². The lowest BCUT2D eigenvalue weighted by Gasteiger charge is -2.22.